The maximum Gasteiger partial charge on any atom is 0.412 e. The Hall–Kier alpha value is -3.51. The Labute approximate surface area is 173 Å². The van der Waals surface area contributed by atoms with E-state index in [9.17, 15) is 9.59 Å². The van der Waals surface area contributed by atoms with Crippen molar-refractivity contribution in [3.05, 3.63) is 95.0 Å². The summed E-state index contributed by atoms with van der Waals surface area (Å²) in [4.78, 5) is 24.2. The van der Waals surface area contributed by atoms with Gasteiger partial charge in [-0.2, -0.15) is 0 Å². The largest absolute Gasteiger partial charge is 0.444 e. The Morgan fingerprint density at radius 3 is 1.69 bits per heavy atom. The fourth-order valence-electron chi connectivity index (χ4n) is 2.47. The SMILES string of the molecule is O=C(Nc1ccc(Cl)cc1NC(=O)OCc1ccccc1)OCc1ccccc1. The molecule has 0 aliphatic rings. The number of hydrogen-bond donors (Lipinski definition) is 2. The fraction of sp³-hybridized carbons (Fsp3) is 0.0909. The normalized spacial score (nSPS) is 10.1. The van der Waals surface area contributed by atoms with Gasteiger partial charge in [-0.15, -0.1) is 0 Å². The van der Waals surface area contributed by atoms with Crippen LogP contribution in [0.1, 0.15) is 11.1 Å². The second-order valence-electron chi connectivity index (χ2n) is 6.06. The average molecular weight is 411 g/mol. The van der Waals surface area contributed by atoms with Crippen molar-refractivity contribution in [1.82, 2.24) is 0 Å². The van der Waals surface area contributed by atoms with Crippen molar-refractivity contribution >= 4 is 35.2 Å². The summed E-state index contributed by atoms with van der Waals surface area (Å²) >= 11 is 6.01. The molecule has 0 bridgehead atoms. The summed E-state index contributed by atoms with van der Waals surface area (Å²) in [6.07, 6.45) is -1.33. The van der Waals surface area contributed by atoms with E-state index in [1.807, 2.05) is 60.7 Å². The Morgan fingerprint density at radius 1 is 0.690 bits per heavy atom. The maximum atomic E-state index is 12.1. The van der Waals surface area contributed by atoms with Gasteiger partial charge in [0.25, 0.3) is 0 Å². The highest BCUT2D eigenvalue weighted by Gasteiger charge is 2.12. The minimum Gasteiger partial charge on any atom is -0.444 e. The summed E-state index contributed by atoms with van der Waals surface area (Å²) in [5.41, 5.74) is 2.36. The molecule has 0 aliphatic heterocycles. The van der Waals surface area contributed by atoms with Gasteiger partial charge < -0.3 is 9.47 Å². The van der Waals surface area contributed by atoms with Crippen LogP contribution in [0.2, 0.25) is 5.02 Å². The summed E-state index contributed by atoms with van der Waals surface area (Å²) in [6, 6.07) is 23.3. The number of ether oxygens (including phenoxy) is 2. The Morgan fingerprint density at radius 2 is 1.17 bits per heavy atom. The molecule has 7 heteroatoms. The lowest BCUT2D eigenvalue weighted by Crippen LogP contribution is -2.18. The minimum atomic E-state index is -0.670. The summed E-state index contributed by atoms with van der Waals surface area (Å²) in [7, 11) is 0. The summed E-state index contributed by atoms with van der Waals surface area (Å²) < 4.78 is 10.4. The van der Waals surface area contributed by atoms with Crippen LogP contribution < -0.4 is 10.6 Å². The second kappa shape index (κ2) is 10.1. The van der Waals surface area contributed by atoms with Crippen LogP contribution in [0.5, 0.6) is 0 Å². The van der Waals surface area contributed by atoms with Crippen molar-refractivity contribution in [1.29, 1.82) is 0 Å². The molecule has 148 valence electrons. The first-order valence-corrected chi connectivity index (χ1v) is 9.23. The van der Waals surface area contributed by atoms with Crippen LogP contribution in [0.3, 0.4) is 0 Å². The van der Waals surface area contributed by atoms with Gasteiger partial charge in [-0.05, 0) is 29.3 Å². The van der Waals surface area contributed by atoms with Gasteiger partial charge in [0, 0.05) is 5.02 Å². The van der Waals surface area contributed by atoms with E-state index in [1.54, 1.807) is 12.1 Å². The van der Waals surface area contributed by atoms with E-state index in [2.05, 4.69) is 10.6 Å². The third-order valence-electron chi connectivity index (χ3n) is 3.88. The van der Waals surface area contributed by atoms with Crippen LogP contribution in [0.4, 0.5) is 21.0 Å². The predicted molar refractivity (Wildman–Crippen MR) is 112 cm³/mol. The zero-order valence-corrected chi connectivity index (χ0v) is 16.2. The van der Waals surface area contributed by atoms with E-state index < -0.39 is 12.2 Å². The lowest BCUT2D eigenvalue weighted by Gasteiger charge is -2.13. The first-order chi connectivity index (χ1) is 14.1. The fourth-order valence-corrected chi connectivity index (χ4v) is 2.64. The van der Waals surface area contributed by atoms with Gasteiger partial charge in [-0.3, -0.25) is 10.6 Å². The average Bonchev–Trinajstić information content (AvgIpc) is 2.74. The van der Waals surface area contributed by atoms with Crippen LogP contribution in [0, 0.1) is 0 Å². The van der Waals surface area contributed by atoms with E-state index in [-0.39, 0.29) is 13.2 Å². The van der Waals surface area contributed by atoms with Crippen molar-refractivity contribution in [2.75, 3.05) is 10.6 Å². The number of benzene rings is 3. The van der Waals surface area contributed by atoms with E-state index in [0.717, 1.165) is 11.1 Å². The molecule has 0 fully saturated rings. The van der Waals surface area contributed by atoms with E-state index in [0.29, 0.717) is 16.4 Å². The monoisotopic (exact) mass is 410 g/mol. The molecule has 0 heterocycles. The molecule has 3 aromatic carbocycles. The molecule has 0 aromatic heterocycles. The highest BCUT2D eigenvalue weighted by molar-refractivity contribution is 6.31. The number of hydrogen-bond acceptors (Lipinski definition) is 4. The lowest BCUT2D eigenvalue weighted by atomic mass is 10.2. The molecular weight excluding hydrogens is 392 g/mol. The first kappa shape index (κ1) is 20.2. The zero-order valence-electron chi connectivity index (χ0n) is 15.4. The molecule has 2 amide bonds. The van der Waals surface area contributed by atoms with Crippen LogP contribution in [0.25, 0.3) is 0 Å². The van der Waals surface area contributed by atoms with Crippen molar-refractivity contribution in [3.63, 3.8) is 0 Å². The standard InChI is InChI=1S/C22H19ClN2O4/c23-18-11-12-19(24-21(26)28-14-16-7-3-1-4-8-16)20(13-18)25-22(27)29-15-17-9-5-2-6-10-17/h1-13H,14-15H2,(H,24,26)(H,25,27). The van der Waals surface area contributed by atoms with E-state index >= 15 is 0 Å². The predicted octanol–water partition coefficient (Wildman–Crippen LogP) is 5.84. The Kier molecular flexibility index (Phi) is 7.08. The summed E-state index contributed by atoms with van der Waals surface area (Å²) in [5, 5.41) is 5.58. The van der Waals surface area contributed by atoms with Crippen LogP contribution in [0.15, 0.2) is 78.9 Å². The smallest absolute Gasteiger partial charge is 0.412 e. The third-order valence-corrected chi connectivity index (χ3v) is 4.12. The van der Waals surface area contributed by atoms with Crippen molar-refractivity contribution in [3.8, 4) is 0 Å². The van der Waals surface area contributed by atoms with Gasteiger partial charge in [0.2, 0.25) is 0 Å². The number of rotatable bonds is 6. The minimum absolute atomic E-state index is 0.120. The zero-order chi connectivity index (χ0) is 20.5. The van der Waals surface area contributed by atoms with Crippen molar-refractivity contribution in [2.24, 2.45) is 0 Å². The van der Waals surface area contributed by atoms with Gasteiger partial charge in [0.1, 0.15) is 13.2 Å². The number of anilines is 2. The number of amides is 2. The van der Waals surface area contributed by atoms with Crippen molar-refractivity contribution in [2.45, 2.75) is 13.2 Å². The van der Waals surface area contributed by atoms with E-state index in [1.165, 1.54) is 6.07 Å². The van der Waals surface area contributed by atoms with Crippen molar-refractivity contribution < 1.29 is 19.1 Å². The highest BCUT2D eigenvalue weighted by Crippen LogP contribution is 2.26. The summed E-state index contributed by atoms with van der Waals surface area (Å²) in [5.74, 6) is 0. The molecule has 29 heavy (non-hydrogen) atoms. The molecule has 0 aliphatic carbocycles. The molecule has 6 nitrogen and oxygen atoms in total. The number of carbonyl (C=O) groups is 2. The number of nitrogens with one attached hydrogen (secondary N) is 2. The maximum absolute atomic E-state index is 12.1. The molecule has 0 radical (unpaired) electrons. The number of halogens is 1. The van der Waals surface area contributed by atoms with Gasteiger partial charge in [-0.25, -0.2) is 9.59 Å². The molecule has 0 spiro atoms. The number of carbonyl (C=O) groups excluding carboxylic acids is 2. The molecule has 2 N–H and O–H groups in total. The van der Waals surface area contributed by atoms with Crippen LogP contribution in [-0.2, 0) is 22.7 Å². The third kappa shape index (κ3) is 6.55. The van der Waals surface area contributed by atoms with Gasteiger partial charge in [0.15, 0.2) is 0 Å². The van der Waals surface area contributed by atoms with Gasteiger partial charge in [-0.1, -0.05) is 72.3 Å². The second-order valence-corrected chi connectivity index (χ2v) is 6.50. The topological polar surface area (TPSA) is 76.7 Å². The Balaban J connectivity index is 1.58. The highest BCUT2D eigenvalue weighted by atomic mass is 35.5. The van der Waals surface area contributed by atoms with Gasteiger partial charge in [0.05, 0.1) is 11.4 Å². The van der Waals surface area contributed by atoms with Crippen LogP contribution >= 0.6 is 11.6 Å². The molecule has 3 aromatic rings. The van der Waals surface area contributed by atoms with Crippen LogP contribution in [-0.4, -0.2) is 12.2 Å². The molecule has 0 atom stereocenters. The molecule has 0 saturated carbocycles. The quantitative estimate of drug-likeness (QED) is 0.535. The molecule has 3 rings (SSSR count). The Bertz CT molecular complexity index is 965. The molecule has 0 unspecified atom stereocenters. The van der Waals surface area contributed by atoms with Gasteiger partial charge >= 0.3 is 12.2 Å². The molecule has 0 saturated heterocycles. The summed E-state index contributed by atoms with van der Waals surface area (Å²) in [6.45, 7) is 0.247. The molecular formula is C22H19ClN2O4. The first-order valence-electron chi connectivity index (χ1n) is 8.85. The van der Waals surface area contributed by atoms with E-state index in [4.69, 9.17) is 21.1 Å². The lowest BCUT2D eigenvalue weighted by molar-refractivity contribution is 0.154.